The maximum Gasteiger partial charge on any atom is 0.224 e. The Hall–Kier alpha value is -2.17. The minimum atomic E-state index is -0.233. The molecule has 4 nitrogen and oxygen atoms in total. The summed E-state index contributed by atoms with van der Waals surface area (Å²) in [6, 6.07) is 8.40. The van der Waals surface area contributed by atoms with Crippen LogP contribution in [0.4, 0.5) is 16.2 Å². The topological polar surface area (TPSA) is 49.8 Å². The Morgan fingerprint density at radius 3 is 2.75 bits per heavy atom. The standard InChI is InChI=1S/C15H19FN4/c1-4-17-15-18-10(2)8-14(20-15)19-11(3)12-6-5-7-13(16)9-12/h5-9,11H,4H2,1-3H3,(H2,17,18,19,20). The van der Waals surface area contributed by atoms with E-state index in [1.807, 2.05) is 32.9 Å². The molecule has 0 saturated carbocycles. The largest absolute Gasteiger partial charge is 0.363 e. The molecule has 5 heteroatoms. The second-order valence-corrected chi connectivity index (χ2v) is 4.67. The summed E-state index contributed by atoms with van der Waals surface area (Å²) >= 11 is 0. The first-order chi connectivity index (χ1) is 9.58. The molecule has 1 aromatic carbocycles. The van der Waals surface area contributed by atoms with Gasteiger partial charge in [-0.15, -0.1) is 0 Å². The van der Waals surface area contributed by atoms with Crippen LogP contribution in [0.5, 0.6) is 0 Å². The van der Waals surface area contributed by atoms with E-state index in [1.165, 1.54) is 12.1 Å². The van der Waals surface area contributed by atoms with E-state index >= 15 is 0 Å². The van der Waals surface area contributed by atoms with E-state index in [2.05, 4.69) is 20.6 Å². The van der Waals surface area contributed by atoms with Crippen LogP contribution in [0.3, 0.4) is 0 Å². The third kappa shape index (κ3) is 3.66. The lowest BCUT2D eigenvalue weighted by atomic mass is 10.1. The fourth-order valence-corrected chi connectivity index (χ4v) is 1.96. The van der Waals surface area contributed by atoms with Gasteiger partial charge in [-0.1, -0.05) is 12.1 Å². The first kappa shape index (κ1) is 14.2. The van der Waals surface area contributed by atoms with Crippen LogP contribution in [-0.4, -0.2) is 16.5 Å². The van der Waals surface area contributed by atoms with Crippen molar-refractivity contribution in [2.24, 2.45) is 0 Å². The summed E-state index contributed by atoms with van der Waals surface area (Å²) in [7, 11) is 0. The Labute approximate surface area is 118 Å². The number of benzene rings is 1. The van der Waals surface area contributed by atoms with Crippen molar-refractivity contribution < 1.29 is 4.39 Å². The highest BCUT2D eigenvalue weighted by Gasteiger charge is 2.08. The minimum absolute atomic E-state index is 0.0329. The molecule has 0 aliphatic carbocycles. The quantitative estimate of drug-likeness (QED) is 0.875. The predicted octanol–water partition coefficient (Wildman–Crippen LogP) is 3.53. The number of nitrogens with zero attached hydrogens (tertiary/aromatic N) is 2. The Kier molecular flexibility index (Phi) is 4.50. The molecular weight excluding hydrogens is 255 g/mol. The van der Waals surface area contributed by atoms with E-state index in [-0.39, 0.29) is 11.9 Å². The van der Waals surface area contributed by atoms with E-state index < -0.39 is 0 Å². The van der Waals surface area contributed by atoms with Crippen molar-refractivity contribution in [3.8, 4) is 0 Å². The summed E-state index contributed by atoms with van der Waals surface area (Å²) in [6.45, 7) is 6.65. The van der Waals surface area contributed by atoms with Crippen molar-refractivity contribution in [1.29, 1.82) is 0 Å². The molecule has 1 heterocycles. The van der Waals surface area contributed by atoms with E-state index in [0.717, 1.165) is 23.6 Å². The first-order valence-electron chi connectivity index (χ1n) is 6.70. The van der Waals surface area contributed by atoms with E-state index in [9.17, 15) is 4.39 Å². The molecule has 2 N–H and O–H groups in total. The Balaban J connectivity index is 2.16. The maximum atomic E-state index is 13.2. The van der Waals surface area contributed by atoms with E-state index in [1.54, 1.807) is 6.07 Å². The highest BCUT2D eigenvalue weighted by molar-refractivity contribution is 5.44. The first-order valence-corrected chi connectivity index (χ1v) is 6.70. The van der Waals surface area contributed by atoms with Crippen LogP contribution in [0.1, 0.15) is 31.1 Å². The second-order valence-electron chi connectivity index (χ2n) is 4.67. The van der Waals surface area contributed by atoms with Crippen LogP contribution >= 0.6 is 0 Å². The number of rotatable bonds is 5. The molecule has 0 aliphatic heterocycles. The molecule has 106 valence electrons. The lowest BCUT2D eigenvalue weighted by Gasteiger charge is -2.16. The van der Waals surface area contributed by atoms with Gasteiger partial charge in [0, 0.05) is 18.3 Å². The molecule has 0 bridgehead atoms. The molecule has 0 amide bonds. The van der Waals surface area contributed by atoms with Gasteiger partial charge in [0.1, 0.15) is 11.6 Å². The SMILES string of the molecule is CCNc1nc(C)cc(NC(C)c2cccc(F)c2)n1. The summed E-state index contributed by atoms with van der Waals surface area (Å²) in [5.41, 5.74) is 1.76. The van der Waals surface area contributed by atoms with Gasteiger partial charge in [0.15, 0.2) is 0 Å². The highest BCUT2D eigenvalue weighted by Crippen LogP contribution is 2.19. The van der Waals surface area contributed by atoms with E-state index in [0.29, 0.717) is 5.95 Å². The third-order valence-electron chi connectivity index (χ3n) is 2.90. The molecule has 1 aromatic heterocycles. The van der Waals surface area contributed by atoms with E-state index in [4.69, 9.17) is 0 Å². The molecule has 0 aliphatic rings. The van der Waals surface area contributed by atoms with Gasteiger partial charge in [-0.05, 0) is 38.5 Å². The highest BCUT2D eigenvalue weighted by atomic mass is 19.1. The van der Waals surface area contributed by atoms with Crippen molar-refractivity contribution in [2.45, 2.75) is 26.8 Å². The van der Waals surface area contributed by atoms with Crippen LogP contribution in [0.25, 0.3) is 0 Å². The van der Waals surface area contributed by atoms with Crippen LogP contribution in [0.15, 0.2) is 30.3 Å². The Bertz CT molecular complexity index is 586. The van der Waals surface area contributed by atoms with Gasteiger partial charge in [-0.25, -0.2) is 9.37 Å². The lowest BCUT2D eigenvalue weighted by Crippen LogP contribution is -2.11. The molecule has 2 aromatic rings. The van der Waals surface area contributed by atoms with Gasteiger partial charge in [0.25, 0.3) is 0 Å². The van der Waals surface area contributed by atoms with Crippen molar-refractivity contribution in [3.63, 3.8) is 0 Å². The number of aryl methyl sites for hydroxylation is 1. The van der Waals surface area contributed by atoms with Gasteiger partial charge in [0.05, 0.1) is 6.04 Å². The molecule has 1 unspecified atom stereocenters. The lowest BCUT2D eigenvalue weighted by molar-refractivity contribution is 0.623. The summed E-state index contributed by atoms with van der Waals surface area (Å²) in [5, 5.41) is 6.36. The monoisotopic (exact) mass is 274 g/mol. The summed E-state index contributed by atoms with van der Waals surface area (Å²) < 4.78 is 13.2. The summed E-state index contributed by atoms with van der Waals surface area (Å²) in [5.74, 6) is 1.09. The number of anilines is 2. The van der Waals surface area contributed by atoms with Gasteiger partial charge in [-0.2, -0.15) is 4.98 Å². The zero-order chi connectivity index (χ0) is 14.5. The average molecular weight is 274 g/mol. The molecule has 2 rings (SSSR count). The molecule has 0 fully saturated rings. The van der Waals surface area contributed by atoms with Gasteiger partial charge < -0.3 is 10.6 Å². The van der Waals surface area contributed by atoms with Crippen molar-refractivity contribution >= 4 is 11.8 Å². The van der Waals surface area contributed by atoms with Crippen LogP contribution in [0, 0.1) is 12.7 Å². The molecule has 0 saturated heterocycles. The maximum absolute atomic E-state index is 13.2. The van der Waals surface area contributed by atoms with Crippen LogP contribution in [0.2, 0.25) is 0 Å². The number of hydrogen-bond donors (Lipinski definition) is 2. The van der Waals surface area contributed by atoms with Crippen molar-refractivity contribution in [2.75, 3.05) is 17.2 Å². The molecule has 20 heavy (non-hydrogen) atoms. The smallest absolute Gasteiger partial charge is 0.224 e. The number of hydrogen-bond acceptors (Lipinski definition) is 4. The minimum Gasteiger partial charge on any atom is -0.363 e. The van der Waals surface area contributed by atoms with Gasteiger partial charge in [-0.3, -0.25) is 0 Å². The van der Waals surface area contributed by atoms with Crippen LogP contribution in [-0.2, 0) is 0 Å². The van der Waals surface area contributed by atoms with Gasteiger partial charge >= 0.3 is 0 Å². The zero-order valence-electron chi connectivity index (χ0n) is 11.9. The number of halogens is 1. The second kappa shape index (κ2) is 6.32. The predicted molar refractivity (Wildman–Crippen MR) is 79.4 cm³/mol. The Morgan fingerprint density at radius 2 is 2.05 bits per heavy atom. The van der Waals surface area contributed by atoms with Gasteiger partial charge in [0.2, 0.25) is 5.95 Å². The fourth-order valence-electron chi connectivity index (χ4n) is 1.96. The average Bonchev–Trinajstić information content (AvgIpc) is 2.38. The summed E-state index contributed by atoms with van der Waals surface area (Å²) in [4.78, 5) is 8.68. The molecule has 1 atom stereocenters. The Morgan fingerprint density at radius 1 is 1.25 bits per heavy atom. The normalized spacial score (nSPS) is 12.0. The van der Waals surface area contributed by atoms with Crippen molar-refractivity contribution in [3.05, 3.63) is 47.4 Å². The third-order valence-corrected chi connectivity index (χ3v) is 2.90. The van der Waals surface area contributed by atoms with Crippen molar-refractivity contribution in [1.82, 2.24) is 9.97 Å². The molecular formula is C15H19FN4. The molecule has 0 radical (unpaired) electrons. The van der Waals surface area contributed by atoms with Crippen LogP contribution < -0.4 is 10.6 Å². The fraction of sp³-hybridized carbons (Fsp3) is 0.333. The number of aromatic nitrogens is 2. The number of nitrogens with one attached hydrogen (secondary N) is 2. The summed E-state index contributed by atoms with van der Waals surface area (Å²) in [6.07, 6.45) is 0. The zero-order valence-corrected chi connectivity index (χ0v) is 11.9. The molecule has 0 spiro atoms.